The Morgan fingerprint density at radius 1 is 1.22 bits per heavy atom. The summed E-state index contributed by atoms with van der Waals surface area (Å²) in [5.41, 5.74) is 1.20. The maximum Gasteiger partial charge on any atom is 0.342 e. The van der Waals surface area contributed by atoms with Crippen molar-refractivity contribution in [3.8, 4) is 11.4 Å². The summed E-state index contributed by atoms with van der Waals surface area (Å²) in [5, 5.41) is 4.27. The summed E-state index contributed by atoms with van der Waals surface area (Å²) >= 11 is 0. The Kier molecular flexibility index (Phi) is 5.62. The molecule has 7 nitrogen and oxygen atoms in total. The third-order valence-electron chi connectivity index (χ3n) is 2.78. The van der Waals surface area contributed by atoms with Crippen molar-refractivity contribution >= 4 is 18.1 Å². The zero-order chi connectivity index (χ0) is 16.7. The first kappa shape index (κ1) is 16.4. The van der Waals surface area contributed by atoms with Crippen LogP contribution in [0.25, 0.3) is 17.6 Å². The van der Waals surface area contributed by atoms with E-state index in [0.717, 1.165) is 0 Å². The molecule has 0 radical (unpaired) electrons. The van der Waals surface area contributed by atoms with Gasteiger partial charge in [-0.1, -0.05) is 6.07 Å². The zero-order valence-corrected chi connectivity index (χ0v) is 12.9. The Labute approximate surface area is 133 Å². The number of pyridine rings is 1. The molecule has 0 bridgehead atoms. The van der Waals surface area contributed by atoms with Gasteiger partial charge in [0.1, 0.15) is 11.3 Å². The van der Waals surface area contributed by atoms with Crippen LogP contribution in [0.5, 0.6) is 0 Å². The van der Waals surface area contributed by atoms with Gasteiger partial charge < -0.3 is 9.47 Å². The van der Waals surface area contributed by atoms with E-state index in [0.29, 0.717) is 11.4 Å². The maximum absolute atomic E-state index is 12.1. The molecule has 0 N–H and O–H groups in total. The molecule has 2 aromatic rings. The van der Waals surface area contributed by atoms with Gasteiger partial charge in [0.15, 0.2) is 0 Å². The van der Waals surface area contributed by atoms with Crippen LogP contribution in [0.2, 0.25) is 0 Å². The van der Waals surface area contributed by atoms with Crippen LogP contribution >= 0.6 is 0 Å². The van der Waals surface area contributed by atoms with E-state index in [4.69, 9.17) is 9.47 Å². The Morgan fingerprint density at radius 3 is 2.65 bits per heavy atom. The number of ether oxygens (including phenoxy) is 2. The van der Waals surface area contributed by atoms with Gasteiger partial charge in [0.25, 0.3) is 0 Å². The number of hydrogen-bond acceptors (Lipinski definition) is 6. The predicted molar refractivity (Wildman–Crippen MR) is 83.4 cm³/mol. The van der Waals surface area contributed by atoms with Gasteiger partial charge in [-0.2, -0.15) is 5.10 Å². The molecule has 0 fully saturated rings. The number of carbonyl (C=O) groups is 2. The van der Waals surface area contributed by atoms with Crippen molar-refractivity contribution in [3.05, 3.63) is 42.2 Å². The Hall–Kier alpha value is -2.96. The lowest BCUT2D eigenvalue weighted by Gasteiger charge is -2.01. The molecule has 0 aromatic carbocycles. The molecular formula is C16H17N3O4. The molecule has 0 atom stereocenters. The van der Waals surface area contributed by atoms with E-state index in [-0.39, 0.29) is 18.8 Å². The van der Waals surface area contributed by atoms with Crippen LogP contribution in [0.4, 0.5) is 0 Å². The van der Waals surface area contributed by atoms with E-state index in [1.54, 1.807) is 38.2 Å². The molecular weight excluding hydrogens is 298 g/mol. The smallest absolute Gasteiger partial charge is 0.342 e. The van der Waals surface area contributed by atoms with E-state index < -0.39 is 11.9 Å². The van der Waals surface area contributed by atoms with Crippen LogP contribution in [-0.2, 0) is 14.3 Å². The highest BCUT2D eigenvalue weighted by atomic mass is 16.5. The molecule has 0 aliphatic rings. The first-order valence-electron chi connectivity index (χ1n) is 7.18. The molecule has 0 saturated carbocycles. The van der Waals surface area contributed by atoms with Crippen LogP contribution in [-0.4, -0.2) is 39.9 Å². The lowest BCUT2D eigenvalue weighted by Crippen LogP contribution is -2.05. The normalized spacial score (nSPS) is 10.7. The van der Waals surface area contributed by atoms with Gasteiger partial charge in [0.05, 0.1) is 18.9 Å². The fourth-order valence-corrected chi connectivity index (χ4v) is 1.85. The molecule has 0 saturated heterocycles. The number of aromatic nitrogens is 3. The summed E-state index contributed by atoms with van der Waals surface area (Å²) in [6.07, 6.45) is 5.73. The van der Waals surface area contributed by atoms with Gasteiger partial charge in [-0.25, -0.2) is 14.3 Å². The van der Waals surface area contributed by atoms with Crippen molar-refractivity contribution < 1.29 is 19.1 Å². The molecule has 2 aromatic heterocycles. The summed E-state index contributed by atoms with van der Waals surface area (Å²) in [7, 11) is 0. The van der Waals surface area contributed by atoms with Crippen molar-refractivity contribution in [1.29, 1.82) is 0 Å². The highest BCUT2D eigenvalue weighted by molar-refractivity contribution is 5.95. The number of hydrogen-bond donors (Lipinski definition) is 0. The second-order valence-electron chi connectivity index (χ2n) is 4.37. The minimum absolute atomic E-state index is 0.254. The van der Waals surface area contributed by atoms with Crippen molar-refractivity contribution in [2.24, 2.45) is 0 Å². The first-order valence-corrected chi connectivity index (χ1v) is 7.18. The summed E-state index contributed by atoms with van der Waals surface area (Å²) in [4.78, 5) is 27.6. The zero-order valence-electron chi connectivity index (χ0n) is 12.9. The Balaban J connectivity index is 2.36. The number of esters is 2. The average Bonchev–Trinajstić information content (AvgIpc) is 2.99. The van der Waals surface area contributed by atoms with Crippen LogP contribution < -0.4 is 0 Å². The lowest BCUT2D eigenvalue weighted by molar-refractivity contribution is -0.137. The highest BCUT2D eigenvalue weighted by Gasteiger charge is 2.19. The lowest BCUT2D eigenvalue weighted by atomic mass is 10.2. The minimum Gasteiger partial charge on any atom is -0.463 e. The van der Waals surface area contributed by atoms with Gasteiger partial charge >= 0.3 is 11.9 Å². The van der Waals surface area contributed by atoms with E-state index >= 15 is 0 Å². The van der Waals surface area contributed by atoms with Crippen molar-refractivity contribution in [2.45, 2.75) is 13.8 Å². The Bertz CT molecular complexity index is 707. The van der Waals surface area contributed by atoms with Gasteiger partial charge in [-0.3, -0.25) is 4.98 Å². The van der Waals surface area contributed by atoms with E-state index in [2.05, 4.69) is 10.1 Å². The van der Waals surface area contributed by atoms with Crippen LogP contribution in [0.15, 0.2) is 36.7 Å². The quantitative estimate of drug-likeness (QED) is 0.600. The van der Waals surface area contributed by atoms with Gasteiger partial charge in [-0.05, 0) is 26.0 Å². The SMILES string of the molecule is CCOC(=O)/C=C\n1cc(C(=O)OCC)c(-c2ccccn2)n1. The molecule has 120 valence electrons. The summed E-state index contributed by atoms with van der Waals surface area (Å²) < 4.78 is 11.2. The molecule has 23 heavy (non-hydrogen) atoms. The molecule has 0 aliphatic heterocycles. The second kappa shape index (κ2) is 7.88. The maximum atomic E-state index is 12.1. The predicted octanol–water partition coefficient (Wildman–Crippen LogP) is 2.16. The van der Waals surface area contributed by atoms with Crippen molar-refractivity contribution in [3.63, 3.8) is 0 Å². The van der Waals surface area contributed by atoms with Crippen molar-refractivity contribution in [1.82, 2.24) is 14.8 Å². The van der Waals surface area contributed by atoms with Crippen molar-refractivity contribution in [2.75, 3.05) is 13.2 Å². The van der Waals surface area contributed by atoms with Crippen LogP contribution in [0.1, 0.15) is 24.2 Å². The number of rotatable bonds is 6. The first-order chi connectivity index (χ1) is 11.2. The number of nitrogens with zero attached hydrogens (tertiary/aromatic N) is 3. The molecule has 0 unspecified atom stereocenters. The van der Waals surface area contributed by atoms with E-state index in [1.807, 2.05) is 0 Å². The molecule has 2 heterocycles. The van der Waals surface area contributed by atoms with Crippen LogP contribution in [0.3, 0.4) is 0 Å². The standard InChI is InChI=1S/C16H17N3O4/c1-3-22-14(20)8-10-19-11-12(16(21)23-4-2)15(18-19)13-7-5-6-9-17-13/h5-11H,3-4H2,1-2H3/b10-8-. The molecule has 0 aliphatic carbocycles. The minimum atomic E-state index is -0.496. The van der Waals surface area contributed by atoms with E-state index in [9.17, 15) is 9.59 Å². The fraction of sp³-hybridized carbons (Fsp3) is 0.250. The fourth-order valence-electron chi connectivity index (χ4n) is 1.85. The summed E-state index contributed by atoms with van der Waals surface area (Å²) in [6.45, 7) is 3.99. The number of carbonyl (C=O) groups excluding carboxylic acids is 2. The molecule has 2 rings (SSSR count). The second-order valence-corrected chi connectivity index (χ2v) is 4.37. The summed E-state index contributed by atoms with van der Waals surface area (Å²) in [6, 6.07) is 5.31. The van der Waals surface area contributed by atoms with E-state index in [1.165, 1.54) is 23.2 Å². The topological polar surface area (TPSA) is 83.3 Å². The third kappa shape index (κ3) is 4.26. The average molecular weight is 315 g/mol. The summed E-state index contributed by atoms with van der Waals surface area (Å²) in [5.74, 6) is -0.982. The molecule has 0 amide bonds. The van der Waals surface area contributed by atoms with Gasteiger partial charge in [-0.15, -0.1) is 0 Å². The largest absolute Gasteiger partial charge is 0.463 e. The monoisotopic (exact) mass is 315 g/mol. The molecule has 7 heteroatoms. The van der Waals surface area contributed by atoms with Gasteiger partial charge in [0, 0.05) is 24.7 Å². The Morgan fingerprint density at radius 2 is 2.00 bits per heavy atom. The van der Waals surface area contributed by atoms with Crippen LogP contribution in [0, 0.1) is 0 Å². The highest BCUT2D eigenvalue weighted by Crippen LogP contribution is 2.20. The third-order valence-corrected chi connectivity index (χ3v) is 2.78. The van der Waals surface area contributed by atoms with Gasteiger partial charge in [0.2, 0.25) is 0 Å². The molecule has 0 spiro atoms.